The van der Waals surface area contributed by atoms with E-state index in [0.29, 0.717) is 0 Å². The second-order valence-corrected chi connectivity index (χ2v) is 6.11. The average Bonchev–Trinajstić information content (AvgIpc) is 3.00. The van der Waals surface area contributed by atoms with E-state index in [1.807, 2.05) is 18.7 Å². The summed E-state index contributed by atoms with van der Waals surface area (Å²) in [6.07, 6.45) is 2.00. The van der Waals surface area contributed by atoms with Crippen molar-refractivity contribution < 1.29 is 4.74 Å². The normalized spacial score (nSPS) is 17.6. The molecule has 1 aliphatic heterocycles. The Balaban J connectivity index is 2.16. The number of imidazole rings is 1. The molecule has 1 atom stereocenters. The van der Waals surface area contributed by atoms with Crippen LogP contribution in [-0.4, -0.2) is 45.7 Å². The Hall–Kier alpha value is -1.27. The molecule has 0 saturated carbocycles. The van der Waals surface area contributed by atoms with Crippen molar-refractivity contribution >= 4 is 22.8 Å². The number of aryl methyl sites for hydroxylation is 2. The number of alkyl halides is 1. The fraction of sp³-hybridized carbons (Fsp3) is 0.714. The molecule has 116 valence electrons. The lowest BCUT2D eigenvalue weighted by Gasteiger charge is -2.31. The smallest absolute Gasteiger partial charge is 0.177 e. The maximum absolute atomic E-state index is 6.37. The van der Waals surface area contributed by atoms with Gasteiger partial charge >= 0.3 is 0 Å². The quantitative estimate of drug-likeness (QED) is 0.810. The molecule has 1 saturated heterocycles. The van der Waals surface area contributed by atoms with Crippen LogP contribution in [0.5, 0.6) is 0 Å². The van der Waals surface area contributed by atoms with E-state index < -0.39 is 0 Å². The molecule has 0 bridgehead atoms. The molecule has 1 unspecified atom stereocenters. The number of fused-ring (bicyclic) bond motifs is 1. The average molecular weight is 312 g/mol. The highest BCUT2D eigenvalue weighted by Crippen LogP contribution is 2.27. The zero-order valence-corrected chi connectivity index (χ0v) is 13.6. The van der Waals surface area contributed by atoms with Gasteiger partial charge in [-0.15, -0.1) is 11.6 Å². The van der Waals surface area contributed by atoms with Gasteiger partial charge in [-0.3, -0.25) is 0 Å². The lowest BCUT2D eigenvalue weighted by atomic mass is 10.2. The van der Waals surface area contributed by atoms with Crippen LogP contribution in [0.25, 0.3) is 11.2 Å². The van der Waals surface area contributed by atoms with Gasteiger partial charge in [-0.05, 0) is 13.3 Å². The van der Waals surface area contributed by atoms with E-state index in [0.717, 1.165) is 61.8 Å². The number of morpholine rings is 1. The molecule has 2 aromatic rings. The van der Waals surface area contributed by atoms with E-state index in [1.165, 1.54) is 0 Å². The van der Waals surface area contributed by atoms with Gasteiger partial charge in [0.1, 0.15) is 11.3 Å². The number of ether oxygens (including phenoxy) is 1. The Labute approximate surface area is 129 Å². The van der Waals surface area contributed by atoms with Gasteiger partial charge in [0.25, 0.3) is 0 Å². The van der Waals surface area contributed by atoms with Crippen LogP contribution in [-0.2, 0) is 18.2 Å². The van der Waals surface area contributed by atoms with Crippen molar-refractivity contribution in [2.75, 3.05) is 31.3 Å². The predicted molar refractivity (Wildman–Crippen MR) is 83.5 cm³/mol. The molecular weight excluding hydrogens is 290 g/mol. The molecule has 0 amide bonds. The maximum atomic E-state index is 6.37. The monoisotopic (exact) mass is 311 g/mol. The Bertz CT molecular complexity index is 627. The van der Waals surface area contributed by atoms with Crippen molar-refractivity contribution in [3.63, 3.8) is 0 Å². The van der Waals surface area contributed by atoms with E-state index in [4.69, 9.17) is 21.3 Å². The molecule has 0 aromatic carbocycles. The highest BCUT2D eigenvalue weighted by Gasteiger charge is 2.25. The lowest BCUT2D eigenvalue weighted by molar-refractivity contribution is 0.111. The predicted octanol–water partition coefficient (Wildman–Crippen LogP) is 1.99. The van der Waals surface area contributed by atoms with Crippen LogP contribution < -0.4 is 5.01 Å². The molecule has 1 fully saturated rings. The minimum atomic E-state index is -0.144. The summed E-state index contributed by atoms with van der Waals surface area (Å²) in [4.78, 5) is 4.79. The molecule has 21 heavy (non-hydrogen) atoms. The third-order valence-electron chi connectivity index (χ3n) is 3.82. The standard InChI is InChI=1S/C14H22ClN5O/c1-4-5-11-12-14(18(3)17-11)20(13(16-12)10(2)15)19-6-8-21-9-7-19/h10H,4-9H2,1-3H3. The molecule has 3 rings (SSSR count). The second kappa shape index (κ2) is 5.85. The van der Waals surface area contributed by atoms with Crippen molar-refractivity contribution in [2.24, 2.45) is 7.05 Å². The van der Waals surface area contributed by atoms with E-state index in [2.05, 4.69) is 21.7 Å². The number of hydrogen-bond donors (Lipinski definition) is 0. The van der Waals surface area contributed by atoms with E-state index in [1.54, 1.807) is 0 Å². The summed E-state index contributed by atoms with van der Waals surface area (Å²) >= 11 is 6.37. The Kier molecular flexibility index (Phi) is 4.08. The number of hydrogen-bond acceptors (Lipinski definition) is 4. The Morgan fingerprint density at radius 3 is 2.67 bits per heavy atom. The zero-order valence-electron chi connectivity index (χ0n) is 12.8. The summed E-state index contributed by atoms with van der Waals surface area (Å²) in [5.41, 5.74) is 3.07. The highest BCUT2D eigenvalue weighted by molar-refractivity contribution is 6.20. The van der Waals surface area contributed by atoms with Gasteiger partial charge in [0.05, 0.1) is 37.4 Å². The van der Waals surface area contributed by atoms with Gasteiger partial charge < -0.3 is 9.75 Å². The van der Waals surface area contributed by atoms with Gasteiger partial charge in [-0.1, -0.05) is 13.3 Å². The van der Waals surface area contributed by atoms with Gasteiger partial charge in [-0.2, -0.15) is 5.10 Å². The Morgan fingerprint density at radius 1 is 1.33 bits per heavy atom. The molecular formula is C14H22ClN5O. The van der Waals surface area contributed by atoms with Crippen molar-refractivity contribution in [1.29, 1.82) is 0 Å². The van der Waals surface area contributed by atoms with Gasteiger partial charge in [0, 0.05) is 7.05 Å². The molecule has 7 heteroatoms. The van der Waals surface area contributed by atoms with Crippen LogP contribution in [0, 0.1) is 0 Å². The fourth-order valence-electron chi connectivity index (χ4n) is 2.88. The van der Waals surface area contributed by atoms with E-state index in [-0.39, 0.29) is 5.38 Å². The topological polar surface area (TPSA) is 48.1 Å². The van der Waals surface area contributed by atoms with E-state index >= 15 is 0 Å². The minimum Gasteiger partial charge on any atom is -0.378 e. The van der Waals surface area contributed by atoms with Gasteiger partial charge in [0.2, 0.25) is 0 Å². The summed E-state index contributed by atoms with van der Waals surface area (Å²) < 4.78 is 9.52. The van der Waals surface area contributed by atoms with Crippen molar-refractivity contribution in [2.45, 2.75) is 32.1 Å². The van der Waals surface area contributed by atoms with Crippen molar-refractivity contribution in [3.8, 4) is 0 Å². The van der Waals surface area contributed by atoms with Crippen LogP contribution in [0.3, 0.4) is 0 Å². The van der Waals surface area contributed by atoms with Crippen LogP contribution in [0.15, 0.2) is 0 Å². The second-order valence-electron chi connectivity index (χ2n) is 5.46. The van der Waals surface area contributed by atoms with Crippen LogP contribution in [0.1, 0.15) is 37.2 Å². The number of rotatable bonds is 4. The summed E-state index contributed by atoms with van der Waals surface area (Å²) in [5.74, 6) is 0.888. The Morgan fingerprint density at radius 2 is 2.05 bits per heavy atom. The lowest BCUT2D eigenvalue weighted by Crippen LogP contribution is -2.45. The minimum absolute atomic E-state index is 0.144. The van der Waals surface area contributed by atoms with Crippen LogP contribution in [0.2, 0.25) is 0 Å². The SMILES string of the molecule is CCCc1nn(C)c2c1nc(C(C)Cl)n2N1CCOCC1. The first-order valence-corrected chi connectivity index (χ1v) is 7.98. The fourth-order valence-corrected chi connectivity index (χ4v) is 3.02. The first-order chi connectivity index (χ1) is 10.1. The first kappa shape index (κ1) is 14.7. The molecule has 0 aliphatic carbocycles. The number of halogens is 1. The molecule has 6 nitrogen and oxygen atoms in total. The molecule has 0 N–H and O–H groups in total. The maximum Gasteiger partial charge on any atom is 0.177 e. The summed E-state index contributed by atoms with van der Waals surface area (Å²) in [6.45, 7) is 7.27. The summed E-state index contributed by atoms with van der Waals surface area (Å²) in [6, 6.07) is 0. The van der Waals surface area contributed by atoms with Gasteiger partial charge in [-0.25, -0.2) is 14.3 Å². The van der Waals surface area contributed by atoms with Crippen molar-refractivity contribution in [1.82, 2.24) is 19.4 Å². The molecule has 0 spiro atoms. The molecule has 1 aliphatic rings. The number of nitrogens with zero attached hydrogens (tertiary/aromatic N) is 5. The third-order valence-corrected chi connectivity index (χ3v) is 4.01. The summed E-state index contributed by atoms with van der Waals surface area (Å²) in [7, 11) is 1.97. The van der Waals surface area contributed by atoms with Gasteiger partial charge in [0.15, 0.2) is 5.65 Å². The zero-order chi connectivity index (χ0) is 15.0. The third kappa shape index (κ3) is 2.51. The van der Waals surface area contributed by atoms with Crippen molar-refractivity contribution in [3.05, 3.63) is 11.5 Å². The molecule has 2 aromatic heterocycles. The molecule has 0 radical (unpaired) electrons. The summed E-state index contributed by atoms with van der Waals surface area (Å²) in [5, 5.41) is 6.74. The van der Waals surface area contributed by atoms with Crippen LogP contribution >= 0.6 is 11.6 Å². The first-order valence-electron chi connectivity index (χ1n) is 7.54. The molecule has 3 heterocycles. The largest absolute Gasteiger partial charge is 0.378 e. The van der Waals surface area contributed by atoms with Crippen LogP contribution in [0.4, 0.5) is 0 Å². The highest BCUT2D eigenvalue weighted by atomic mass is 35.5. The number of aromatic nitrogens is 4. The van der Waals surface area contributed by atoms with E-state index in [9.17, 15) is 0 Å².